The Balaban J connectivity index is 1.68. The summed E-state index contributed by atoms with van der Waals surface area (Å²) in [4.78, 5) is 1.37. The van der Waals surface area contributed by atoms with Gasteiger partial charge in [-0.2, -0.15) is 0 Å². The summed E-state index contributed by atoms with van der Waals surface area (Å²) in [5.74, 6) is 0. The van der Waals surface area contributed by atoms with Crippen LogP contribution < -0.4 is 4.90 Å². The number of nitrogens with one attached hydrogen (secondary N) is 1. The second-order valence-electron chi connectivity index (χ2n) is 6.13. The normalized spacial score (nSPS) is 12.0. The quantitative estimate of drug-likeness (QED) is 0.688. The van der Waals surface area contributed by atoms with Gasteiger partial charge < -0.3 is 10.0 Å². The summed E-state index contributed by atoms with van der Waals surface area (Å²) in [7, 11) is 0. The van der Waals surface area contributed by atoms with Gasteiger partial charge in [0.2, 0.25) is 0 Å². The maximum atomic E-state index is 9.36. The lowest BCUT2D eigenvalue weighted by atomic mass is 10.0. The second-order valence-corrected chi connectivity index (χ2v) is 6.13. The largest absolute Gasteiger partial charge is 0.391 e. The first kappa shape index (κ1) is 16.4. The minimum Gasteiger partial charge on any atom is -0.391 e. The first-order valence-electron chi connectivity index (χ1n) is 8.48. The van der Waals surface area contributed by atoms with E-state index in [0.29, 0.717) is 0 Å². The van der Waals surface area contributed by atoms with Gasteiger partial charge in [0, 0.05) is 11.1 Å². The molecule has 0 heterocycles. The molecule has 2 N–H and O–H groups in total. The molecule has 3 rings (SSSR count). The number of benzene rings is 3. The van der Waals surface area contributed by atoms with Crippen molar-refractivity contribution in [2.75, 3.05) is 13.2 Å². The van der Waals surface area contributed by atoms with Crippen molar-refractivity contribution < 1.29 is 10.0 Å². The summed E-state index contributed by atoms with van der Waals surface area (Å²) in [5, 5.41) is 9.36. The van der Waals surface area contributed by atoms with Gasteiger partial charge >= 0.3 is 0 Å². The average molecular weight is 318 g/mol. The van der Waals surface area contributed by atoms with E-state index >= 15 is 0 Å². The van der Waals surface area contributed by atoms with Crippen LogP contribution in [-0.2, 0) is 13.1 Å². The number of quaternary nitrogens is 1. The van der Waals surface area contributed by atoms with E-state index in [2.05, 4.69) is 72.8 Å². The van der Waals surface area contributed by atoms with Gasteiger partial charge in [0.05, 0.1) is 6.61 Å². The van der Waals surface area contributed by atoms with E-state index in [0.717, 1.165) is 19.6 Å². The molecule has 0 spiro atoms. The third-order valence-electron chi connectivity index (χ3n) is 4.28. The van der Waals surface area contributed by atoms with Crippen molar-refractivity contribution in [2.24, 2.45) is 0 Å². The lowest BCUT2D eigenvalue weighted by Gasteiger charge is -2.19. The summed E-state index contributed by atoms with van der Waals surface area (Å²) in [6.45, 7) is 2.83. The van der Waals surface area contributed by atoms with Crippen molar-refractivity contribution in [1.29, 1.82) is 0 Å². The maximum Gasteiger partial charge on any atom is 0.103 e. The zero-order valence-corrected chi connectivity index (χ0v) is 13.9. The van der Waals surface area contributed by atoms with E-state index < -0.39 is 0 Å². The van der Waals surface area contributed by atoms with Crippen LogP contribution in [0.3, 0.4) is 0 Å². The van der Waals surface area contributed by atoms with Crippen LogP contribution in [0.5, 0.6) is 0 Å². The predicted molar refractivity (Wildman–Crippen MR) is 98.6 cm³/mol. The van der Waals surface area contributed by atoms with Crippen LogP contribution in [0.25, 0.3) is 11.1 Å². The molecule has 0 bridgehead atoms. The highest BCUT2D eigenvalue weighted by molar-refractivity contribution is 5.63. The smallest absolute Gasteiger partial charge is 0.103 e. The molecular weight excluding hydrogens is 294 g/mol. The topological polar surface area (TPSA) is 24.7 Å². The number of hydrogen-bond donors (Lipinski definition) is 2. The maximum absolute atomic E-state index is 9.36. The molecule has 0 amide bonds. The Bertz CT molecular complexity index is 723. The highest BCUT2D eigenvalue weighted by Gasteiger charge is 2.10. The molecule has 122 valence electrons. The van der Waals surface area contributed by atoms with Gasteiger partial charge in [-0.15, -0.1) is 0 Å². The number of aliphatic hydroxyl groups is 1. The fraction of sp³-hybridized carbons (Fsp3) is 0.182. The Morgan fingerprint density at radius 3 is 1.67 bits per heavy atom. The number of hydrogen-bond acceptors (Lipinski definition) is 1. The van der Waals surface area contributed by atoms with Crippen LogP contribution in [0.4, 0.5) is 0 Å². The highest BCUT2D eigenvalue weighted by Crippen LogP contribution is 2.18. The van der Waals surface area contributed by atoms with Crippen LogP contribution in [0.2, 0.25) is 0 Å². The lowest BCUT2D eigenvalue weighted by Crippen LogP contribution is -3.09. The Kier molecular flexibility index (Phi) is 5.78. The van der Waals surface area contributed by atoms with E-state index in [1.165, 1.54) is 27.2 Å². The van der Waals surface area contributed by atoms with Crippen molar-refractivity contribution in [3.63, 3.8) is 0 Å². The summed E-state index contributed by atoms with van der Waals surface area (Å²) in [6.07, 6.45) is 0. The van der Waals surface area contributed by atoms with Crippen LogP contribution >= 0.6 is 0 Å². The predicted octanol–water partition coefficient (Wildman–Crippen LogP) is 2.93. The third-order valence-corrected chi connectivity index (χ3v) is 4.28. The molecule has 0 radical (unpaired) electrons. The Morgan fingerprint density at radius 2 is 1.08 bits per heavy atom. The van der Waals surface area contributed by atoms with Crippen LogP contribution in [0.15, 0.2) is 84.9 Å². The van der Waals surface area contributed by atoms with Crippen molar-refractivity contribution in [2.45, 2.75) is 13.1 Å². The van der Waals surface area contributed by atoms with Crippen molar-refractivity contribution in [1.82, 2.24) is 0 Å². The Labute approximate surface area is 144 Å². The van der Waals surface area contributed by atoms with E-state index in [1.807, 2.05) is 12.1 Å². The summed E-state index contributed by atoms with van der Waals surface area (Å²) in [5.41, 5.74) is 5.09. The average Bonchev–Trinajstić information content (AvgIpc) is 2.64. The second kappa shape index (κ2) is 8.44. The Hall–Kier alpha value is -2.42. The SMILES string of the molecule is OCC[NH+](Cc1ccccc1)Cc1ccc(-c2ccccc2)cc1. The van der Waals surface area contributed by atoms with Gasteiger partial charge in [-0.25, -0.2) is 0 Å². The first-order chi connectivity index (χ1) is 11.8. The molecule has 2 heteroatoms. The molecular formula is C22H24NO+. The number of rotatable bonds is 7. The molecule has 0 saturated heterocycles. The minimum atomic E-state index is 0.213. The van der Waals surface area contributed by atoms with Gasteiger partial charge in [0.25, 0.3) is 0 Å². The van der Waals surface area contributed by atoms with Gasteiger partial charge in [-0.05, 0) is 11.1 Å². The molecule has 0 fully saturated rings. The molecule has 1 unspecified atom stereocenters. The van der Waals surface area contributed by atoms with Crippen molar-refractivity contribution in [3.05, 3.63) is 96.1 Å². The molecule has 0 saturated carbocycles. The summed E-state index contributed by atoms with van der Waals surface area (Å²) >= 11 is 0. The first-order valence-corrected chi connectivity index (χ1v) is 8.48. The third kappa shape index (κ3) is 4.54. The molecule has 24 heavy (non-hydrogen) atoms. The summed E-state index contributed by atoms with van der Waals surface area (Å²) < 4.78 is 0. The number of aliphatic hydroxyl groups excluding tert-OH is 1. The van der Waals surface area contributed by atoms with Gasteiger partial charge in [-0.1, -0.05) is 84.9 Å². The van der Waals surface area contributed by atoms with Crippen LogP contribution in [0, 0.1) is 0 Å². The zero-order chi connectivity index (χ0) is 16.6. The van der Waals surface area contributed by atoms with Crippen LogP contribution in [0.1, 0.15) is 11.1 Å². The van der Waals surface area contributed by atoms with Crippen molar-refractivity contribution >= 4 is 0 Å². The highest BCUT2D eigenvalue weighted by atomic mass is 16.3. The molecule has 0 aromatic heterocycles. The van der Waals surface area contributed by atoms with E-state index in [9.17, 15) is 5.11 Å². The Morgan fingerprint density at radius 1 is 0.583 bits per heavy atom. The van der Waals surface area contributed by atoms with Gasteiger partial charge in [-0.3, -0.25) is 0 Å². The monoisotopic (exact) mass is 318 g/mol. The van der Waals surface area contributed by atoms with Gasteiger partial charge in [0.1, 0.15) is 19.6 Å². The van der Waals surface area contributed by atoms with Gasteiger partial charge in [0.15, 0.2) is 0 Å². The summed E-state index contributed by atoms with van der Waals surface area (Å²) in [6, 6.07) is 29.7. The van der Waals surface area contributed by atoms with E-state index in [4.69, 9.17) is 0 Å². The molecule has 0 aliphatic carbocycles. The van der Waals surface area contributed by atoms with Crippen LogP contribution in [-0.4, -0.2) is 18.3 Å². The zero-order valence-electron chi connectivity index (χ0n) is 13.9. The molecule has 2 nitrogen and oxygen atoms in total. The lowest BCUT2D eigenvalue weighted by molar-refractivity contribution is -0.927. The molecule has 3 aromatic rings. The minimum absolute atomic E-state index is 0.213. The fourth-order valence-electron chi connectivity index (χ4n) is 3.02. The van der Waals surface area contributed by atoms with E-state index in [-0.39, 0.29) is 6.61 Å². The molecule has 1 atom stereocenters. The molecule has 0 aliphatic heterocycles. The standard InChI is InChI=1S/C22H23NO/c24-16-15-23(17-19-7-3-1-4-8-19)18-20-11-13-22(14-12-20)21-9-5-2-6-10-21/h1-14,24H,15-18H2/p+1. The van der Waals surface area contributed by atoms with E-state index in [1.54, 1.807) is 0 Å². The van der Waals surface area contributed by atoms with Crippen molar-refractivity contribution in [3.8, 4) is 11.1 Å². The molecule has 3 aromatic carbocycles. The fourth-order valence-corrected chi connectivity index (χ4v) is 3.02. The molecule has 0 aliphatic rings.